The van der Waals surface area contributed by atoms with Gasteiger partial charge in [-0.2, -0.15) is 0 Å². The second kappa shape index (κ2) is 7.15. The topological polar surface area (TPSA) is 12.4 Å². The molecule has 1 aliphatic carbocycles. The second-order valence-corrected chi connectivity index (χ2v) is 5.06. The predicted molar refractivity (Wildman–Crippen MR) is 79.3 cm³/mol. The van der Waals surface area contributed by atoms with E-state index in [0.717, 1.165) is 12.8 Å². The SMILES string of the molecule is C=CCCC(=NC1CCCCC1)c1ccccc1. The fourth-order valence-electron chi connectivity index (χ4n) is 2.58. The van der Waals surface area contributed by atoms with E-state index in [9.17, 15) is 0 Å². The van der Waals surface area contributed by atoms with Crippen LogP contribution in [0.2, 0.25) is 0 Å². The summed E-state index contributed by atoms with van der Waals surface area (Å²) in [5.41, 5.74) is 2.55. The van der Waals surface area contributed by atoms with E-state index in [1.165, 1.54) is 43.4 Å². The molecule has 2 rings (SSSR count). The molecule has 0 spiro atoms. The van der Waals surface area contributed by atoms with Crippen molar-refractivity contribution >= 4 is 5.71 Å². The maximum absolute atomic E-state index is 5.01. The molecule has 0 aromatic heterocycles. The van der Waals surface area contributed by atoms with Crippen LogP contribution in [0.25, 0.3) is 0 Å². The average Bonchev–Trinajstić information content (AvgIpc) is 2.45. The van der Waals surface area contributed by atoms with Crippen LogP contribution in [0, 0.1) is 0 Å². The molecule has 1 heteroatoms. The van der Waals surface area contributed by atoms with E-state index in [2.05, 4.69) is 36.9 Å². The number of nitrogens with zero attached hydrogens (tertiary/aromatic N) is 1. The number of rotatable bonds is 5. The predicted octanol–water partition coefficient (Wildman–Crippen LogP) is 4.77. The van der Waals surface area contributed by atoms with Crippen molar-refractivity contribution < 1.29 is 0 Å². The van der Waals surface area contributed by atoms with Crippen LogP contribution in [-0.4, -0.2) is 11.8 Å². The van der Waals surface area contributed by atoms with Crippen LogP contribution in [-0.2, 0) is 0 Å². The molecule has 0 atom stereocenters. The maximum Gasteiger partial charge on any atom is 0.0503 e. The molecule has 1 aromatic rings. The first-order chi connectivity index (χ1) is 8.90. The minimum Gasteiger partial charge on any atom is -0.286 e. The number of benzene rings is 1. The Labute approximate surface area is 111 Å². The van der Waals surface area contributed by atoms with Gasteiger partial charge in [-0.05, 0) is 31.2 Å². The third-order valence-electron chi connectivity index (χ3n) is 3.61. The first kappa shape index (κ1) is 13.1. The molecular formula is C17H23N. The molecule has 0 radical (unpaired) electrons. The molecule has 0 N–H and O–H groups in total. The van der Waals surface area contributed by atoms with E-state index in [1.54, 1.807) is 0 Å². The number of aliphatic imine (C=N–C) groups is 1. The fraction of sp³-hybridized carbons (Fsp3) is 0.471. The van der Waals surface area contributed by atoms with Gasteiger partial charge in [-0.25, -0.2) is 0 Å². The van der Waals surface area contributed by atoms with Gasteiger partial charge in [0.2, 0.25) is 0 Å². The lowest BCUT2D eigenvalue weighted by atomic mass is 9.95. The summed E-state index contributed by atoms with van der Waals surface area (Å²) >= 11 is 0. The molecule has 0 saturated heterocycles. The summed E-state index contributed by atoms with van der Waals surface area (Å²) in [4.78, 5) is 5.01. The molecule has 1 nitrogen and oxygen atoms in total. The van der Waals surface area contributed by atoms with Crippen LogP contribution in [0.5, 0.6) is 0 Å². The lowest BCUT2D eigenvalue weighted by molar-refractivity contribution is 0.443. The maximum atomic E-state index is 5.01. The quantitative estimate of drug-likeness (QED) is 0.520. The highest BCUT2D eigenvalue weighted by Crippen LogP contribution is 2.22. The van der Waals surface area contributed by atoms with Crippen LogP contribution in [0.15, 0.2) is 48.0 Å². The van der Waals surface area contributed by atoms with Crippen molar-refractivity contribution in [1.82, 2.24) is 0 Å². The lowest BCUT2D eigenvalue weighted by Crippen LogP contribution is -2.13. The third kappa shape index (κ3) is 3.83. The third-order valence-corrected chi connectivity index (χ3v) is 3.61. The summed E-state index contributed by atoms with van der Waals surface area (Å²) in [7, 11) is 0. The van der Waals surface area contributed by atoms with Crippen LogP contribution in [0.4, 0.5) is 0 Å². The van der Waals surface area contributed by atoms with E-state index in [4.69, 9.17) is 4.99 Å². The first-order valence-electron chi connectivity index (χ1n) is 7.13. The van der Waals surface area contributed by atoms with Gasteiger partial charge in [0.1, 0.15) is 0 Å². The van der Waals surface area contributed by atoms with Crippen molar-refractivity contribution in [3.63, 3.8) is 0 Å². The van der Waals surface area contributed by atoms with Crippen molar-refractivity contribution in [1.29, 1.82) is 0 Å². The molecule has 1 fully saturated rings. The number of allylic oxidation sites excluding steroid dienone is 1. The van der Waals surface area contributed by atoms with Crippen molar-refractivity contribution in [3.05, 3.63) is 48.6 Å². The summed E-state index contributed by atoms with van der Waals surface area (Å²) in [5.74, 6) is 0. The van der Waals surface area contributed by atoms with E-state index >= 15 is 0 Å². The molecule has 18 heavy (non-hydrogen) atoms. The highest BCUT2D eigenvalue weighted by molar-refractivity contribution is 6.00. The number of hydrogen-bond donors (Lipinski definition) is 0. The van der Waals surface area contributed by atoms with Gasteiger partial charge in [0.25, 0.3) is 0 Å². The zero-order chi connectivity index (χ0) is 12.6. The van der Waals surface area contributed by atoms with Gasteiger partial charge in [0.15, 0.2) is 0 Å². The molecule has 1 aromatic carbocycles. The van der Waals surface area contributed by atoms with Crippen molar-refractivity contribution in [2.45, 2.75) is 51.0 Å². The Morgan fingerprint density at radius 3 is 2.56 bits per heavy atom. The molecule has 96 valence electrons. The van der Waals surface area contributed by atoms with Crippen molar-refractivity contribution in [3.8, 4) is 0 Å². The van der Waals surface area contributed by atoms with Gasteiger partial charge in [-0.1, -0.05) is 55.7 Å². The Kier molecular flexibility index (Phi) is 5.19. The van der Waals surface area contributed by atoms with Crippen LogP contribution in [0.1, 0.15) is 50.5 Å². The molecule has 0 heterocycles. The summed E-state index contributed by atoms with van der Waals surface area (Å²) in [6.07, 6.45) is 10.6. The molecule has 1 saturated carbocycles. The molecule has 0 unspecified atom stereocenters. The zero-order valence-electron chi connectivity index (χ0n) is 11.1. The smallest absolute Gasteiger partial charge is 0.0503 e. The Bertz CT molecular complexity index is 385. The summed E-state index contributed by atoms with van der Waals surface area (Å²) in [5, 5.41) is 0. The first-order valence-corrected chi connectivity index (χ1v) is 7.13. The van der Waals surface area contributed by atoms with Gasteiger partial charge >= 0.3 is 0 Å². The molecular weight excluding hydrogens is 218 g/mol. The van der Waals surface area contributed by atoms with E-state index < -0.39 is 0 Å². The largest absolute Gasteiger partial charge is 0.286 e. The summed E-state index contributed by atoms with van der Waals surface area (Å²) in [6, 6.07) is 11.2. The van der Waals surface area contributed by atoms with Crippen LogP contribution >= 0.6 is 0 Å². The van der Waals surface area contributed by atoms with Crippen molar-refractivity contribution in [2.24, 2.45) is 4.99 Å². The Morgan fingerprint density at radius 1 is 1.17 bits per heavy atom. The summed E-state index contributed by atoms with van der Waals surface area (Å²) in [6.45, 7) is 3.82. The molecule has 0 aliphatic heterocycles. The summed E-state index contributed by atoms with van der Waals surface area (Å²) < 4.78 is 0. The average molecular weight is 241 g/mol. The normalized spacial score (nSPS) is 17.7. The highest BCUT2D eigenvalue weighted by Gasteiger charge is 2.13. The lowest BCUT2D eigenvalue weighted by Gasteiger charge is -2.19. The van der Waals surface area contributed by atoms with E-state index in [-0.39, 0.29) is 0 Å². The Hall–Kier alpha value is -1.37. The van der Waals surface area contributed by atoms with Gasteiger partial charge < -0.3 is 0 Å². The zero-order valence-corrected chi connectivity index (χ0v) is 11.1. The minimum absolute atomic E-state index is 0.554. The van der Waals surface area contributed by atoms with E-state index in [0.29, 0.717) is 6.04 Å². The Morgan fingerprint density at radius 2 is 1.89 bits per heavy atom. The van der Waals surface area contributed by atoms with Crippen LogP contribution in [0.3, 0.4) is 0 Å². The van der Waals surface area contributed by atoms with Crippen LogP contribution < -0.4 is 0 Å². The van der Waals surface area contributed by atoms with Gasteiger partial charge in [0.05, 0.1) is 6.04 Å². The second-order valence-electron chi connectivity index (χ2n) is 5.06. The molecule has 0 amide bonds. The van der Waals surface area contributed by atoms with Gasteiger partial charge in [0, 0.05) is 5.71 Å². The van der Waals surface area contributed by atoms with Crippen molar-refractivity contribution in [2.75, 3.05) is 0 Å². The standard InChI is InChI=1S/C17H23N/c1-2-3-14-17(15-10-6-4-7-11-15)18-16-12-8-5-9-13-16/h2,4,6-7,10-11,16H,1,3,5,8-9,12-14H2. The van der Waals surface area contributed by atoms with E-state index in [1.807, 2.05) is 6.08 Å². The Balaban J connectivity index is 2.13. The fourth-order valence-corrected chi connectivity index (χ4v) is 2.58. The highest BCUT2D eigenvalue weighted by atomic mass is 14.8. The molecule has 1 aliphatic rings. The molecule has 0 bridgehead atoms. The van der Waals surface area contributed by atoms with Gasteiger partial charge in [-0.15, -0.1) is 6.58 Å². The monoisotopic (exact) mass is 241 g/mol. The minimum atomic E-state index is 0.554. The van der Waals surface area contributed by atoms with Gasteiger partial charge in [-0.3, -0.25) is 4.99 Å². The number of hydrogen-bond acceptors (Lipinski definition) is 1.